The van der Waals surface area contributed by atoms with E-state index in [9.17, 15) is 4.39 Å². The van der Waals surface area contributed by atoms with Crippen molar-refractivity contribution in [2.75, 3.05) is 11.9 Å². The van der Waals surface area contributed by atoms with Gasteiger partial charge in [0.05, 0.1) is 5.69 Å². The molecule has 2 N–H and O–H groups in total. The molecule has 0 aliphatic heterocycles. The summed E-state index contributed by atoms with van der Waals surface area (Å²) in [5.74, 6) is 0.304. The minimum atomic E-state index is -0.231. The highest BCUT2D eigenvalue weighted by Crippen LogP contribution is 2.32. The van der Waals surface area contributed by atoms with E-state index in [-0.39, 0.29) is 12.4 Å². The van der Waals surface area contributed by atoms with Gasteiger partial charge in [-0.05, 0) is 49.4 Å². The van der Waals surface area contributed by atoms with Gasteiger partial charge in [0, 0.05) is 23.6 Å². The predicted octanol–water partition coefficient (Wildman–Crippen LogP) is 3.91. The summed E-state index contributed by atoms with van der Waals surface area (Å²) in [5.41, 5.74) is 1.80. The number of thiazole rings is 1. The Morgan fingerprint density at radius 3 is 2.86 bits per heavy atom. The van der Waals surface area contributed by atoms with Gasteiger partial charge in [-0.2, -0.15) is 0 Å². The molecule has 0 radical (unpaired) electrons. The zero-order valence-electron chi connectivity index (χ0n) is 11.8. The fourth-order valence-electron chi connectivity index (χ4n) is 2.99. The van der Waals surface area contributed by atoms with E-state index < -0.39 is 0 Å². The van der Waals surface area contributed by atoms with Crippen molar-refractivity contribution in [1.29, 1.82) is 0 Å². The van der Waals surface area contributed by atoms with Crippen LogP contribution in [0.5, 0.6) is 0 Å². The Morgan fingerprint density at radius 2 is 2.10 bits per heavy atom. The number of halogens is 1. The topological polar surface area (TPSA) is 45.1 Å². The lowest BCUT2D eigenvalue weighted by Gasteiger charge is -2.19. The van der Waals surface area contributed by atoms with E-state index >= 15 is 0 Å². The quantitative estimate of drug-likeness (QED) is 0.880. The van der Waals surface area contributed by atoms with Crippen LogP contribution < -0.4 is 5.32 Å². The second-order valence-electron chi connectivity index (χ2n) is 5.50. The number of nitrogens with one attached hydrogen (secondary N) is 1. The smallest absolute Gasteiger partial charge is 0.183 e. The molecule has 1 saturated carbocycles. The minimum absolute atomic E-state index is 0.231. The summed E-state index contributed by atoms with van der Waals surface area (Å²) < 4.78 is 12.9. The summed E-state index contributed by atoms with van der Waals surface area (Å²) in [5, 5.41) is 15.5. The molecule has 5 heteroatoms. The molecule has 3 rings (SSSR count). The summed E-state index contributed by atoms with van der Waals surface area (Å²) in [4.78, 5) is 4.59. The molecule has 0 saturated heterocycles. The van der Waals surface area contributed by atoms with Crippen LogP contribution in [-0.2, 0) is 0 Å². The van der Waals surface area contributed by atoms with Gasteiger partial charge in [0.1, 0.15) is 5.82 Å². The lowest BCUT2D eigenvalue weighted by molar-refractivity contribution is 0.254. The van der Waals surface area contributed by atoms with Gasteiger partial charge in [-0.3, -0.25) is 0 Å². The first-order valence-corrected chi connectivity index (χ1v) is 8.23. The lowest BCUT2D eigenvalue weighted by Crippen LogP contribution is -2.24. The molecule has 2 unspecified atom stereocenters. The van der Waals surface area contributed by atoms with Crippen LogP contribution in [0.3, 0.4) is 0 Å². The Balaban J connectivity index is 1.69. The van der Waals surface area contributed by atoms with Crippen LogP contribution >= 0.6 is 11.3 Å². The van der Waals surface area contributed by atoms with Gasteiger partial charge in [0.2, 0.25) is 0 Å². The number of anilines is 1. The third kappa shape index (κ3) is 3.41. The second-order valence-corrected chi connectivity index (χ2v) is 6.36. The summed E-state index contributed by atoms with van der Waals surface area (Å²) in [6, 6.07) is 6.81. The average molecular weight is 306 g/mol. The Kier molecular flexibility index (Phi) is 4.51. The van der Waals surface area contributed by atoms with Crippen molar-refractivity contribution in [3.05, 3.63) is 35.5 Å². The van der Waals surface area contributed by atoms with Gasteiger partial charge in [-0.25, -0.2) is 9.37 Å². The summed E-state index contributed by atoms with van der Waals surface area (Å²) in [7, 11) is 0. The van der Waals surface area contributed by atoms with Crippen LogP contribution in [0.4, 0.5) is 9.52 Å². The van der Waals surface area contributed by atoms with Gasteiger partial charge >= 0.3 is 0 Å². The number of nitrogens with zero attached hydrogens (tertiary/aromatic N) is 1. The largest absolute Gasteiger partial charge is 0.396 e. The molecule has 1 aromatic heterocycles. The van der Waals surface area contributed by atoms with Crippen LogP contribution in [0.25, 0.3) is 11.3 Å². The van der Waals surface area contributed by atoms with Gasteiger partial charge in [-0.1, -0.05) is 6.42 Å². The van der Waals surface area contributed by atoms with Gasteiger partial charge in [-0.15, -0.1) is 11.3 Å². The van der Waals surface area contributed by atoms with Gasteiger partial charge in [0.25, 0.3) is 0 Å². The highest BCUT2D eigenvalue weighted by molar-refractivity contribution is 7.14. The maximum Gasteiger partial charge on any atom is 0.183 e. The highest BCUT2D eigenvalue weighted by Gasteiger charge is 2.27. The number of aromatic nitrogens is 1. The molecule has 0 spiro atoms. The zero-order chi connectivity index (χ0) is 14.7. The molecule has 1 heterocycles. The number of aliphatic hydroxyl groups excluding tert-OH is 1. The molecule has 0 amide bonds. The van der Waals surface area contributed by atoms with E-state index in [2.05, 4.69) is 10.3 Å². The maximum absolute atomic E-state index is 12.9. The second kappa shape index (κ2) is 6.54. The van der Waals surface area contributed by atoms with E-state index in [0.717, 1.165) is 29.2 Å². The van der Waals surface area contributed by atoms with E-state index in [0.29, 0.717) is 12.0 Å². The third-order valence-electron chi connectivity index (χ3n) is 4.11. The van der Waals surface area contributed by atoms with Crippen LogP contribution in [0.15, 0.2) is 29.6 Å². The number of benzene rings is 1. The summed E-state index contributed by atoms with van der Waals surface area (Å²) in [6.45, 7) is 0.252. The van der Waals surface area contributed by atoms with Gasteiger partial charge < -0.3 is 10.4 Å². The Hall–Kier alpha value is -1.46. The van der Waals surface area contributed by atoms with E-state index in [4.69, 9.17) is 5.11 Å². The van der Waals surface area contributed by atoms with Crippen LogP contribution in [0.2, 0.25) is 0 Å². The van der Waals surface area contributed by atoms with Gasteiger partial charge in [0.15, 0.2) is 5.13 Å². The van der Waals surface area contributed by atoms with Crippen molar-refractivity contribution in [3.8, 4) is 11.3 Å². The summed E-state index contributed by atoms with van der Waals surface area (Å²) >= 11 is 1.58. The van der Waals surface area contributed by atoms with Crippen molar-refractivity contribution < 1.29 is 9.50 Å². The zero-order valence-corrected chi connectivity index (χ0v) is 12.6. The van der Waals surface area contributed by atoms with Crippen molar-refractivity contribution >= 4 is 16.5 Å². The molecule has 1 aromatic carbocycles. The lowest BCUT2D eigenvalue weighted by atomic mass is 10.0. The third-order valence-corrected chi connectivity index (χ3v) is 4.89. The Bertz CT molecular complexity index is 584. The van der Waals surface area contributed by atoms with E-state index in [1.54, 1.807) is 23.5 Å². The molecule has 1 aliphatic rings. The SMILES string of the molecule is OCCC1CCCC1Nc1nc(-c2ccc(F)cc2)cs1. The minimum Gasteiger partial charge on any atom is -0.396 e. The molecular formula is C16H19FN2OS. The van der Waals surface area contributed by atoms with Crippen LogP contribution in [0, 0.1) is 11.7 Å². The first-order chi connectivity index (χ1) is 10.3. The van der Waals surface area contributed by atoms with Crippen molar-refractivity contribution in [2.45, 2.75) is 31.7 Å². The molecule has 2 aromatic rings. The maximum atomic E-state index is 12.9. The number of hydrogen-bond acceptors (Lipinski definition) is 4. The highest BCUT2D eigenvalue weighted by atomic mass is 32.1. The van der Waals surface area contributed by atoms with Crippen molar-refractivity contribution in [3.63, 3.8) is 0 Å². The molecule has 0 bridgehead atoms. The molecule has 3 nitrogen and oxygen atoms in total. The predicted molar refractivity (Wildman–Crippen MR) is 84.0 cm³/mol. The van der Waals surface area contributed by atoms with E-state index in [1.807, 2.05) is 5.38 Å². The summed E-state index contributed by atoms with van der Waals surface area (Å²) in [6.07, 6.45) is 4.37. The van der Waals surface area contributed by atoms with Crippen LogP contribution in [0.1, 0.15) is 25.7 Å². The Labute approximate surface area is 127 Å². The Morgan fingerprint density at radius 1 is 1.29 bits per heavy atom. The standard InChI is InChI=1S/C16H19FN2OS/c17-13-6-4-12(5-7-13)15-10-21-16(19-15)18-14-3-1-2-11(14)8-9-20/h4-7,10-11,14,20H,1-3,8-9H2,(H,18,19). The number of aliphatic hydroxyl groups is 1. The molecule has 1 fully saturated rings. The molecular weight excluding hydrogens is 287 g/mol. The number of rotatable bonds is 5. The number of hydrogen-bond donors (Lipinski definition) is 2. The first-order valence-electron chi connectivity index (χ1n) is 7.35. The monoisotopic (exact) mass is 306 g/mol. The average Bonchev–Trinajstić information content (AvgIpc) is 3.11. The molecule has 1 aliphatic carbocycles. The first kappa shape index (κ1) is 14.5. The molecule has 2 atom stereocenters. The normalized spacial score (nSPS) is 21.6. The molecule has 112 valence electrons. The fourth-order valence-corrected chi connectivity index (χ4v) is 3.77. The van der Waals surface area contributed by atoms with Crippen molar-refractivity contribution in [2.24, 2.45) is 5.92 Å². The fraction of sp³-hybridized carbons (Fsp3) is 0.438. The van der Waals surface area contributed by atoms with E-state index in [1.165, 1.54) is 25.0 Å². The molecule has 21 heavy (non-hydrogen) atoms. The van der Waals surface area contributed by atoms with Crippen LogP contribution in [-0.4, -0.2) is 22.7 Å². The van der Waals surface area contributed by atoms with Crippen molar-refractivity contribution in [1.82, 2.24) is 4.98 Å².